The van der Waals surface area contributed by atoms with Gasteiger partial charge in [0, 0.05) is 0 Å². The van der Waals surface area contributed by atoms with Gasteiger partial charge in [0.25, 0.3) is 0 Å². The Morgan fingerprint density at radius 3 is 1.43 bits per heavy atom. The quantitative estimate of drug-likeness (QED) is 0.249. The summed E-state index contributed by atoms with van der Waals surface area (Å²) >= 11 is 0. The van der Waals surface area contributed by atoms with Crippen molar-refractivity contribution in [2.24, 2.45) is 5.92 Å². The third kappa shape index (κ3) is 17.6. The van der Waals surface area contributed by atoms with E-state index in [1.54, 1.807) is 0 Å². The number of esters is 1. The fourth-order valence-electron chi connectivity index (χ4n) is 2.96. The van der Waals surface area contributed by atoms with Gasteiger partial charge in [-0.1, -0.05) is 104 Å². The lowest BCUT2D eigenvalue weighted by molar-refractivity contribution is -0.145. The van der Waals surface area contributed by atoms with Crippen molar-refractivity contribution in [1.82, 2.24) is 6.15 Å². The molecule has 0 aromatic carbocycles. The topological polar surface area (TPSA) is 61.3 Å². The minimum absolute atomic E-state index is 0. The SMILES string of the molecule is CCCCCCCCCCCCCCCCC(C)C(=O)OC.N. The Morgan fingerprint density at radius 1 is 0.739 bits per heavy atom. The first kappa shape index (κ1) is 24.7. The van der Waals surface area contributed by atoms with Crippen molar-refractivity contribution >= 4 is 5.97 Å². The molecule has 0 aromatic heterocycles. The maximum absolute atomic E-state index is 11.3. The van der Waals surface area contributed by atoms with Crippen molar-refractivity contribution in [3.63, 3.8) is 0 Å². The zero-order chi connectivity index (χ0) is 16.5. The highest BCUT2D eigenvalue weighted by atomic mass is 16.5. The summed E-state index contributed by atoms with van der Waals surface area (Å²) in [6.07, 6.45) is 20.3. The van der Waals surface area contributed by atoms with Gasteiger partial charge in [0.1, 0.15) is 0 Å². The average molecular weight is 330 g/mol. The molecule has 1 unspecified atom stereocenters. The number of ether oxygens (including phenoxy) is 1. The molecule has 3 heteroatoms. The fraction of sp³-hybridized carbons (Fsp3) is 0.950. The van der Waals surface area contributed by atoms with Gasteiger partial charge < -0.3 is 10.9 Å². The van der Waals surface area contributed by atoms with Crippen LogP contribution in [0.25, 0.3) is 0 Å². The summed E-state index contributed by atoms with van der Waals surface area (Å²) in [7, 11) is 1.48. The number of carbonyl (C=O) groups is 1. The molecule has 0 aromatic rings. The standard InChI is InChI=1S/C20H40O2.H3N/c1-4-5-6-7-8-9-10-11-12-13-14-15-16-17-18-19(2)20(21)22-3;/h19H,4-18H2,1-3H3;1H3. The largest absolute Gasteiger partial charge is 0.469 e. The number of methoxy groups -OCH3 is 1. The molecule has 0 bridgehead atoms. The molecule has 3 nitrogen and oxygen atoms in total. The van der Waals surface area contributed by atoms with Gasteiger partial charge in [-0.15, -0.1) is 0 Å². The summed E-state index contributed by atoms with van der Waals surface area (Å²) in [4.78, 5) is 11.3. The van der Waals surface area contributed by atoms with Crippen LogP contribution in [0.4, 0.5) is 0 Å². The first-order chi connectivity index (χ1) is 10.7. The maximum Gasteiger partial charge on any atom is 0.308 e. The molecule has 0 rings (SSSR count). The highest BCUT2D eigenvalue weighted by Crippen LogP contribution is 2.15. The number of hydrogen-bond donors (Lipinski definition) is 1. The molecule has 140 valence electrons. The van der Waals surface area contributed by atoms with Crippen LogP contribution in [0.3, 0.4) is 0 Å². The van der Waals surface area contributed by atoms with E-state index < -0.39 is 0 Å². The molecule has 0 amide bonds. The Kier molecular flexibility index (Phi) is 20.9. The lowest BCUT2D eigenvalue weighted by Gasteiger charge is -2.08. The Hall–Kier alpha value is -0.570. The Morgan fingerprint density at radius 2 is 1.09 bits per heavy atom. The van der Waals surface area contributed by atoms with Crippen molar-refractivity contribution in [1.29, 1.82) is 0 Å². The summed E-state index contributed by atoms with van der Waals surface area (Å²) in [5.74, 6) is 0.0111. The van der Waals surface area contributed by atoms with Crippen LogP contribution in [0.2, 0.25) is 0 Å². The summed E-state index contributed by atoms with van der Waals surface area (Å²) in [6, 6.07) is 0. The molecule has 0 saturated heterocycles. The van der Waals surface area contributed by atoms with Gasteiger partial charge in [-0.25, -0.2) is 0 Å². The van der Waals surface area contributed by atoms with Gasteiger partial charge in [0.2, 0.25) is 0 Å². The van der Waals surface area contributed by atoms with E-state index in [4.69, 9.17) is 4.74 Å². The summed E-state index contributed by atoms with van der Waals surface area (Å²) in [6.45, 7) is 4.24. The van der Waals surface area contributed by atoms with E-state index in [9.17, 15) is 4.79 Å². The fourth-order valence-corrected chi connectivity index (χ4v) is 2.96. The molecule has 0 aliphatic heterocycles. The van der Waals surface area contributed by atoms with E-state index in [1.807, 2.05) is 6.92 Å². The monoisotopic (exact) mass is 329 g/mol. The molecular weight excluding hydrogens is 286 g/mol. The Labute approximate surface area is 145 Å². The first-order valence-electron chi connectivity index (χ1n) is 9.80. The number of carbonyl (C=O) groups excluding carboxylic acids is 1. The highest BCUT2D eigenvalue weighted by Gasteiger charge is 2.11. The second kappa shape index (κ2) is 19.5. The Balaban J connectivity index is 0. The van der Waals surface area contributed by atoms with E-state index >= 15 is 0 Å². The molecule has 3 N–H and O–H groups in total. The second-order valence-corrected chi connectivity index (χ2v) is 6.81. The van der Waals surface area contributed by atoms with Gasteiger partial charge in [-0.05, 0) is 6.42 Å². The van der Waals surface area contributed by atoms with E-state index in [1.165, 1.54) is 90.6 Å². The smallest absolute Gasteiger partial charge is 0.308 e. The number of rotatable bonds is 16. The molecule has 0 aliphatic rings. The molecule has 0 aliphatic carbocycles. The van der Waals surface area contributed by atoms with Crippen molar-refractivity contribution in [3.8, 4) is 0 Å². The summed E-state index contributed by atoms with van der Waals surface area (Å²) in [5.41, 5.74) is 0. The summed E-state index contributed by atoms with van der Waals surface area (Å²) in [5, 5.41) is 0. The van der Waals surface area contributed by atoms with Gasteiger partial charge in [-0.2, -0.15) is 0 Å². The van der Waals surface area contributed by atoms with Crippen LogP contribution >= 0.6 is 0 Å². The van der Waals surface area contributed by atoms with Crippen molar-refractivity contribution < 1.29 is 9.53 Å². The van der Waals surface area contributed by atoms with Crippen LogP contribution in [0.15, 0.2) is 0 Å². The van der Waals surface area contributed by atoms with Crippen LogP contribution in [0, 0.1) is 5.92 Å². The van der Waals surface area contributed by atoms with E-state index in [0.29, 0.717) is 0 Å². The third-order valence-electron chi connectivity index (χ3n) is 4.59. The summed E-state index contributed by atoms with van der Waals surface area (Å²) < 4.78 is 4.74. The molecular formula is C20H43NO2. The lowest BCUT2D eigenvalue weighted by atomic mass is 10.0. The number of hydrogen-bond acceptors (Lipinski definition) is 3. The van der Waals surface area contributed by atoms with Gasteiger partial charge in [0.15, 0.2) is 0 Å². The van der Waals surface area contributed by atoms with Gasteiger partial charge in [0.05, 0.1) is 13.0 Å². The molecule has 0 spiro atoms. The molecule has 1 atom stereocenters. The van der Waals surface area contributed by atoms with Crippen LogP contribution in [-0.2, 0) is 9.53 Å². The predicted molar refractivity (Wildman–Crippen MR) is 101 cm³/mol. The van der Waals surface area contributed by atoms with Crippen LogP contribution in [-0.4, -0.2) is 13.1 Å². The normalized spacial score (nSPS) is 11.8. The molecule has 0 heterocycles. The highest BCUT2D eigenvalue weighted by molar-refractivity contribution is 5.71. The van der Waals surface area contributed by atoms with Crippen LogP contribution in [0.5, 0.6) is 0 Å². The second-order valence-electron chi connectivity index (χ2n) is 6.81. The molecule has 0 radical (unpaired) electrons. The van der Waals surface area contributed by atoms with Crippen molar-refractivity contribution in [2.45, 2.75) is 110 Å². The minimum Gasteiger partial charge on any atom is -0.469 e. The van der Waals surface area contributed by atoms with Crippen LogP contribution in [0.1, 0.15) is 110 Å². The van der Waals surface area contributed by atoms with Gasteiger partial charge >= 0.3 is 5.97 Å². The first-order valence-corrected chi connectivity index (χ1v) is 9.80. The molecule has 23 heavy (non-hydrogen) atoms. The predicted octanol–water partition coefficient (Wildman–Crippen LogP) is 6.83. The molecule has 0 fully saturated rings. The van der Waals surface area contributed by atoms with Crippen molar-refractivity contribution in [2.75, 3.05) is 7.11 Å². The number of unbranched alkanes of at least 4 members (excludes halogenated alkanes) is 13. The van der Waals surface area contributed by atoms with E-state index in [-0.39, 0.29) is 18.0 Å². The molecule has 0 saturated carbocycles. The minimum atomic E-state index is -0.0605. The van der Waals surface area contributed by atoms with Crippen molar-refractivity contribution in [3.05, 3.63) is 0 Å². The van der Waals surface area contributed by atoms with Crippen LogP contribution < -0.4 is 6.15 Å². The zero-order valence-corrected chi connectivity index (χ0v) is 16.2. The average Bonchev–Trinajstić information content (AvgIpc) is 2.54. The van der Waals surface area contributed by atoms with E-state index in [0.717, 1.165) is 12.8 Å². The van der Waals surface area contributed by atoms with Gasteiger partial charge in [-0.3, -0.25) is 4.79 Å². The van der Waals surface area contributed by atoms with E-state index in [2.05, 4.69) is 6.92 Å². The maximum atomic E-state index is 11.3. The lowest BCUT2D eigenvalue weighted by Crippen LogP contribution is -2.12. The Bertz CT molecular complexity index is 244. The zero-order valence-electron chi connectivity index (χ0n) is 16.2. The third-order valence-corrected chi connectivity index (χ3v) is 4.59.